The molecule has 0 fully saturated rings. The monoisotopic (exact) mass is 291 g/mol. The molecule has 2 aromatic carbocycles. The van der Waals surface area contributed by atoms with Crippen LogP contribution >= 0.6 is 11.6 Å². The molecule has 0 saturated carbocycles. The minimum Gasteiger partial charge on any atom is -0.489 e. The smallest absolute Gasteiger partial charge is 0.273 e. The maximum atomic E-state index is 11.1. The lowest BCUT2D eigenvalue weighted by Crippen LogP contribution is -1.99. The third-order valence-corrected chi connectivity index (χ3v) is 2.80. The molecule has 6 heteroatoms. The quantitative estimate of drug-likeness (QED) is 0.480. The van der Waals surface area contributed by atoms with E-state index in [9.17, 15) is 14.9 Å². The van der Waals surface area contributed by atoms with Gasteiger partial charge in [0.2, 0.25) is 0 Å². The molecule has 0 radical (unpaired) electrons. The standard InChI is InChI=1S/C14H10ClNO4/c15-14(17)11-6-12(16(18)19)8-13(7-11)20-9-10-4-2-1-3-5-10/h1-8H,9H2. The van der Waals surface area contributed by atoms with Crippen molar-refractivity contribution in [1.29, 1.82) is 0 Å². The van der Waals surface area contributed by atoms with Crippen molar-refractivity contribution in [1.82, 2.24) is 0 Å². The Kier molecular flexibility index (Phi) is 4.32. The summed E-state index contributed by atoms with van der Waals surface area (Å²) in [4.78, 5) is 21.3. The van der Waals surface area contributed by atoms with Crippen molar-refractivity contribution in [2.45, 2.75) is 6.61 Å². The fraction of sp³-hybridized carbons (Fsp3) is 0.0714. The topological polar surface area (TPSA) is 69.4 Å². The fourth-order valence-electron chi connectivity index (χ4n) is 1.63. The molecule has 0 aliphatic rings. The Hall–Kier alpha value is -2.40. The highest BCUT2D eigenvalue weighted by molar-refractivity contribution is 6.67. The highest BCUT2D eigenvalue weighted by Crippen LogP contribution is 2.24. The van der Waals surface area contributed by atoms with Crippen molar-refractivity contribution in [3.05, 3.63) is 69.8 Å². The first-order chi connectivity index (χ1) is 9.56. The van der Waals surface area contributed by atoms with Crippen molar-refractivity contribution in [2.24, 2.45) is 0 Å². The second-order valence-corrected chi connectivity index (χ2v) is 4.36. The molecule has 0 heterocycles. The molecule has 0 aromatic heterocycles. The summed E-state index contributed by atoms with van der Waals surface area (Å²) in [5.74, 6) is 0.229. The maximum Gasteiger partial charge on any atom is 0.273 e. The molecule has 5 nitrogen and oxygen atoms in total. The molecule has 20 heavy (non-hydrogen) atoms. The number of non-ortho nitro benzene ring substituents is 1. The van der Waals surface area contributed by atoms with E-state index in [-0.39, 0.29) is 23.6 Å². The summed E-state index contributed by atoms with van der Waals surface area (Å²) in [6.45, 7) is 0.248. The molecular weight excluding hydrogens is 282 g/mol. The third-order valence-electron chi connectivity index (χ3n) is 2.58. The van der Waals surface area contributed by atoms with Crippen LogP contribution < -0.4 is 4.74 Å². The molecule has 0 aliphatic carbocycles. The minimum atomic E-state index is -0.765. The van der Waals surface area contributed by atoms with Gasteiger partial charge in [0, 0.05) is 11.6 Å². The number of nitrogens with zero attached hydrogens (tertiary/aromatic N) is 1. The lowest BCUT2D eigenvalue weighted by molar-refractivity contribution is -0.385. The summed E-state index contributed by atoms with van der Waals surface area (Å²) in [5, 5.41) is 10.0. The fourth-order valence-corrected chi connectivity index (χ4v) is 1.74. The van der Waals surface area contributed by atoms with Gasteiger partial charge in [-0.2, -0.15) is 0 Å². The highest BCUT2D eigenvalue weighted by Gasteiger charge is 2.14. The third kappa shape index (κ3) is 3.55. The van der Waals surface area contributed by atoms with E-state index in [1.165, 1.54) is 12.1 Å². The normalized spacial score (nSPS) is 10.1. The van der Waals surface area contributed by atoms with Gasteiger partial charge in [-0.15, -0.1) is 0 Å². The molecule has 0 unspecified atom stereocenters. The van der Waals surface area contributed by atoms with Gasteiger partial charge in [-0.05, 0) is 23.2 Å². The van der Waals surface area contributed by atoms with Crippen LogP contribution in [-0.4, -0.2) is 10.2 Å². The predicted molar refractivity (Wildman–Crippen MR) is 74.1 cm³/mol. The highest BCUT2D eigenvalue weighted by atomic mass is 35.5. The summed E-state index contributed by atoms with van der Waals surface area (Å²) < 4.78 is 5.46. The SMILES string of the molecule is O=C(Cl)c1cc(OCc2ccccc2)cc([N+](=O)[O-])c1. The van der Waals surface area contributed by atoms with E-state index in [1.807, 2.05) is 30.3 Å². The molecule has 2 rings (SSSR count). The van der Waals surface area contributed by atoms with E-state index in [1.54, 1.807) is 0 Å². The Morgan fingerprint density at radius 3 is 2.50 bits per heavy atom. The van der Waals surface area contributed by atoms with Gasteiger partial charge in [0.1, 0.15) is 12.4 Å². The number of benzene rings is 2. The minimum absolute atomic E-state index is 0.0314. The summed E-state index contributed by atoms with van der Waals surface area (Å²) in [5.41, 5.74) is 0.709. The zero-order valence-corrected chi connectivity index (χ0v) is 11.0. The number of halogens is 1. The second kappa shape index (κ2) is 6.16. The van der Waals surface area contributed by atoms with Crippen LogP contribution in [0.1, 0.15) is 15.9 Å². The zero-order valence-electron chi connectivity index (χ0n) is 10.3. The van der Waals surface area contributed by atoms with Crippen molar-refractivity contribution < 1.29 is 14.5 Å². The number of nitro benzene ring substituents is 1. The van der Waals surface area contributed by atoms with E-state index < -0.39 is 10.2 Å². The molecule has 0 bridgehead atoms. The van der Waals surface area contributed by atoms with Gasteiger partial charge in [0.15, 0.2) is 0 Å². The van der Waals surface area contributed by atoms with Crippen LogP contribution in [0.3, 0.4) is 0 Å². The van der Waals surface area contributed by atoms with Gasteiger partial charge in [-0.25, -0.2) is 0 Å². The van der Waals surface area contributed by atoms with Crippen molar-refractivity contribution in [2.75, 3.05) is 0 Å². The number of nitro groups is 1. The van der Waals surface area contributed by atoms with Crippen LogP contribution in [0.5, 0.6) is 5.75 Å². The molecule has 0 amide bonds. The first-order valence-electron chi connectivity index (χ1n) is 5.72. The summed E-state index contributed by atoms with van der Waals surface area (Å²) >= 11 is 5.35. The lowest BCUT2D eigenvalue weighted by Gasteiger charge is -2.07. The first kappa shape index (κ1) is 14.0. The van der Waals surface area contributed by atoms with Gasteiger partial charge < -0.3 is 4.74 Å². The van der Waals surface area contributed by atoms with Gasteiger partial charge in [-0.3, -0.25) is 14.9 Å². The molecule has 102 valence electrons. The Labute approximate surface area is 119 Å². The molecule has 0 aliphatic heterocycles. The van der Waals surface area contributed by atoms with Crippen LogP contribution in [0.25, 0.3) is 0 Å². The zero-order chi connectivity index (χ0) is 14.5. The van der Waals surface area contributed by atoms with Crippen LogP contribution in [0.2, 0.25) is 0 Å². The molecular formula is C14H10ClNO4. The van der Waals surface area contributed by atoms with E-state index in [0.717, 1.165) is 11.6 Å². The van der Waals surface area contributed by atoms with Crippen molar-refractivity contribution in [3.63, 3.8) is 0 Å². The van der Waals surface area contributed by atoms with Crippen LogP contribution in [0, 0.1) is 10.1 Å². The summed E-state index contributed by atoms with van der Waals surface area (Å²) in [7, 11) is 0. The number of rotatable bonds is 5. The average molecular weight is 292 g/mol. The maximum absolute atomic E-state index is 11.1. The number of hydrogen-bond donors (Lipinski definition) is 0. The molecule has 0 atom stereocenters. The van der Waals surface area contributed by atoms with Crippen LogP contribution in [-0.2, 0) is 6.61 Å². The van der Waals surface area contributed by atoms with Gasteiger partial charge >= 0.3 is 0 Å². The number of ether oxygens (including phenoxy) is 1. The molecule has 2 aromatic rings. The Morgan fingerprint density at radius 1 is 1.20 bits per heavy atom. The van der Waals surface area contributed by atoms with E-state index in [4.69, 9.17) is 16.3 Å². The average Bonchev–Trinajstić information content (AvgIpc) is 2.45. The van der Waals surface area contributed by atoms with E-state index in [0.29, 0.717) is 0 Å². The predicted octanol–water partition coefficient (Wildman–Crippen LogP) is 3.55. The van der Waals surface area contributed by atoms with Crippen LogP contribution in [0.15, 0.2) is 48.5 Å². The summed E-state index contributed by atoms with van der Waals surface area (Å²) in [6, 6.07) is 13.1. The summed E-state index contributed by atoms with van der Waals surface area (Å²) in [6.07, 6.45) is 0. The van der Waals surface area contributed by atoms with E-state index in [2.05, 4.69) is 0 Å². The largest absolute Gasteiger partial charge is 0.489 e. The van der Waals surface area contributed by atoms with Gasteiger partial charge in [0.25, 0.3) is 10.9 Å². The first-order valence-corrected chi connectivity index (χ1v) is 6.10. The van der Waals surface area contributed by atoms with Crippen molar-refractivity contribution >= 4 is 22.5 Å². The molecule has 0 saturated heterocycles. The Bertz CT molecular complexity index is 611. The van der Waals surface area contributed by atoms with Crippen LogP contribution in [0.4, 0.5) is 5.69 Å². The molecule has 0 N–H and O–H groups in total. The second-order valence-electron chi connectivity index (χ2n) is 4.02. The Balaban J connectivity index is 2.22. The van der Waals surface area contributed by atoms with Crippen molar-refractivity contribution in [3.8, 4) is 5.75 Å². The van der Waals surface area contributed by atoms with E-state index >= 15 is 0 Å². The number of hydrogen-bond acceptors (Lipinski definition) is 4. The Morgan fingerprint density at radius 2 is 1.90 bits per heavy atom. The van der Waals surface area contributed by atoms with Gasteiger partial charge in [0.05, 0.1) is 11.0 Å². The lowest BCUT2D eigenvalue weighted by atomic mass is 10.2. The number of carbonyl (C=O) groups is 1. The van der Waals surface area contributed by atoms with Gasteiger partial charge in [-0.1, -0.05) is 30.3 Å². The number of carbonyl (C=O) groups excluding carboxylic acids is 1. The molecule has 0 spiro atoms.